The number of rotatable bonds is 3. The average Bonchev–Trinajstić information content (AvgIpc) is 2.63. The van der Waals surface area contributed by atoms with E-state index in [1.807, 2.05) is 12.1 Å². The molecule has 1 aliphatic carbocycles. The summed E-state index contributed by atoms with van der Waals surface area (Å²) in [5, 5.41) is 4.44. The molecule has 2 heteroatoms. The van der Waals surface area contributed by atoms with E-state index in [9.17, 15) is 0 Å². The Morgan fingerprint density at radius 1 is 1.27 bits per heavy atom. The Bertz CT molecular complexity index is 307. The normalized spacial score (nSPS) is 25.7. The molecule has 0 aromatic heterocycles. The van der Waals surface area contributed by atoms with Crippen LogP contribution < -0.4 is 5.32 Å². The minimum atomic E-state index is 0.709. The van der Waals surface area contributed by atoms with Crippen molar-refractivity contribution in [1.82, 2.24) is 5.32 Å². The number of nitrogens with one attached hydrogen (secondary N) is 1. The lowest BCUT2D eigenvalue weighted by Gasteiger charge is -2.17. The summed E-state index contributed by atoms with van der Waals surface area (Å²) in [6, 6.07) is 8.80. The molecule has 1 aliphatic rings. The van der Waals surface area contributed by atoms with Gasteiger partial charge in [0.15, 0.2) is 0 Å². The van der Waals surface area contributed by atoms with Crippen molar-refractivity contribution in [2.45, 2.75) is 38.8 Å². The number of benzene rings is 1. The van der Waals surface area contributed by atoms with Crippen molar-refractivity contribution in [2.24, 2.45) is 5.92 Å². The van der Waals surface area contributed by atoms with Gasteiger partial charge in [0.2, 0.25) is 0 Å². The van der Waals surface area contributed by atoms with Crippen molar-refractivity contribution < 1.29 is 0 Å². The van der Waals surface area contributed by atoms with Gasteiger partial charge in [-0.05, 0) is 36.5 Å². The fourth-order valence-corrected chi connectivity index (χ4v) is 2.43. The van der Waals surface area contributed by atoms with Crippen LogP contribution in [0.4, 0.5) is 0 Å². The third kappa shape index (κ3) is 2.96. The van der Waals surface area contributed by atoms with Crippen LogP contribution in [0.3, 0.4) is 0 Å². The first-order valence-electron chi connectivity index (χ1n) is 5.73. The zero-order valence-electron chi connectivity index (χ0n) is 9.17. The minimum absolute atomic E-state index is 0.709. The fraction of sp³-hybridized carbons (Fsp3) is 0.538. The molecular formula is C13H18ClN. The first-order chi connectivity index (χ1) is 7.25. The van der Waals surface area contributed by atoms with Crippen molar-refractivity contribution in [1.29, 1.82) is 0 Å². The molecule has 2 atom stereocenters. The van der Waals surface area contributed by atoms with E-state index >= 15 is 0 Å². The first-order valence-corrected chi connectivity index (χ1v) is 6.11. The van der Waals surface area contributed by atoms with Crippen LogP contribution in [0.5, 0.6) is 0 Å². The second kappa shape index (κ2) is 5.00. The second-order valence-electron chi connectivity index (χ2n) is 4.52. The third-order valence-electron chi connectivity index (χ3n) is 3.34. The van der Waals surface area contributed by atoms with Gasteiger partial charge in [0.05, 0.1) is 0 Å². The van der Waals surface area contributed by atoms with Crippen LogP contribution in [0.25, 0.3) is 0 Å². The van der Waals surface area contributed by atoms with E-state index in [-0.39, 0.29) is 0 Å². The van der Waals surface area contributed by atoms with Crippen LogP contribution >= 0.6 is 11.6 Å². The molecule has 1 N–H and O–H groups in total. The van der Waals surface area contributed by atoms with E-state index in [0.29, 0.717) is 6.04 Å². The highest BCUT2D eigenvalue weighted by Gasteiger charge is 2.22. The predicted molar refractivity (Wildman–Crippen MR) is 65.1 cm³/mol. The summed E-state index contributed by atoms with van der Waals surface area (Å²) in [5.41, 5.74) is 1.32. The minimum Gasteiger partial charge on any atom is -0.310 e. The maximum absolute atomic E-state index is 5.84. The largest absolute Gasteiger partial charge is 0.310 e. The van der Waals surface area contributed by atoms with Crippen LogP contribution in [0.1, 0.15) is 31.7 Å². The Kier molecular flexibility index (Phi) is 3.66. The van der Waals surface area contributed by atoms with E-state index in [4.69, 9.17) is 11.6 Å². The summed E-state index contributed by atoms with van der Waals surface area (Å²) in [7, 11) is 0. The lowest BCUT2D eigenvalue weighted by atomic mass is 10.1. The standard InChI is InChI=1S/C13H18ClN/c1-10-3-2-4-13(10)15-9-11-5-7-12(14)8-6-11/h5-8,10,13,15H,2-4,9H2,1H3/t10-,13+/m0/s1. The second-order valence-corrected chi connectivity index (χ2v) is 4.96. The van der Waals surface area contributed by atoms with Gasteiger partial charge < -0.3 is 5.32 Å². The molecule has 82 valence electrons. The number of hydrogen-bond donors (Lipinski definition) is 1. The molecule has 0 amide bonds. The average molecular weight is 224 g/mol. The highest BCUT2D eigenvalue weighted by Crippen LogP contribution is 2.25. The molecule has 0 heterocycles. The molecule has 0 bridgehead atoms. The molecule has 1 saturated carbocycles. The van der Waals surface area contributed by atoms with Gasteiger partial charge in [0, 0.05) is 17.6 Å². The van der Waals surface area contributed by atoms with E-state index < -0.39 is 0 Å². The van der Waals surface area contributed by atoms with Gasteiger partial charge in [0.1, 0.15) is 0 Å². The first kappa shape index (κ1) is 11.0. The molecule has 0 aliphatic heterocycles. The Morgan fingerprint density at radius 2 is 2.00 bits per heavy atom. The van der Waals surface area contributed by atoms with E-state index in [0.717, 1.165) is 17.5 Å². The van der Waals surface area contributed by atoms with Crippen molar-refractivity contribution in [3.63, 3.8) is 0 Å². The maximum atomic E-state index is 5.84. The van der Waals surface area contributed by atoms with E-state index in [1.54, 1.807) is 0 Å². The van der Waals surface area contributed by atoms with Crippen molar-refractivity contribution in [3.05, 3.63) is 34.9 Å². The van der Waals surface area contributed by atoms with Crippen LogP contribution in [0.15, 0.2) is 24.3 Å². The topological polar surface area (TPSA) is 12.0 Å². The molecular weight excluding hydrogens is 206 g/mol. The molecule has 1 nitrogen and oxygen atoms in total. The quantitative estimate of drug-likeness (QED) is 0.826. The van der Waals surface area contributed by atoms with Gasteiger partial charge in [-0.2, -0.15) is 0 Å². The summed E-state index contributed by atoms with van der Waals surface area (Å²) < 4.78 is 0. The van der Waals surface area contributed by atoms with Crippen LogP contribution in [0.2, 0.25) is 5.02 Å². The molecule has 1 fully saturated rings. The van der Waals surface area contributed by atoms with Crippen molar-refractivity contribution in [2.75, 3.05) is 0 Å². The Balaban J connectivity index is 1.85. The van der Waals surface area contributed by atoms with Crippen LogP contribution in [-0.4, -0.2) is 6.04 Å². The summed E-state index contributed by atoms with van der Waals surface area (Å²) >= 11 is 5.84. The Hall–Kier alpha value is -0.530. The molecule has 0 unspecified atom stereocenters. The molecule has 1 aromatic rings. The number of hydrogen-bond acceptors (Lipinski definition) is 1. The molecule has 1 aromatic carbocycles. The summed E-state index contributed by atoms with van der Waals surface area (Å²) in [4.78, 5) is 0. The number of halogens is 1. The smallest absolute Gasteiger partial charge is 0.0406 e. The predicted octanol–water partition coefficient (Wildman–Crippen LogP) is 3.62. The van der Waals surface area contributed by atoms with Gasteiger partial charge in [-0.1, -0.05) is 37.1 Å². The van der Waals surface area contributed by atoms with Crippen LogP contribution in [0, 0.1) is 5.92 Å². The van der Waals surface area contributed by atoms with Crippen molar-refractivity contribution in [3.8, 4) is 0 Å². The fourth-order valence-electron chi connectivity index (χ4n) is 2.30. The van der Waals surface area contributed by atoms with Crippen molar-refractivity contribution >= 4 is 11.6 Å². The Morgan fingerprint density at radius 3 is 2.60 bits per heavy atom. The zero-order valence-corrected chi connectivity index (χ0v) is 9.93. The molecule has 2 rings (SSSR count). The summed E-state index contributed by atoms with van der Waals surface area (Å²) in [5.74, 6) is 0.831. The highest BCUT2D eigenvalue weighted by atomic mass is 35.5. The van der Waals surface area contributed by atoms with Gasteiger partial charge in [-0.15, -0.1) is 0 Å². The van der Waals surface area contributed by atoms with Gasteiger partial charge in [-0.25, -0.2) is 0 Å². The lowest BCUT2D eigenvalue weighted by Crippen LogP contribution is -2.30. The molecule has 0 spiro atoms. The molecule has 15 heavy (non-hydrogen) atoms. The van der Waals surface area contributed by atoms with Gasteiger partial charge in [-0.3, -0.25) is 0 Å². The highest BCUT2D eigenvalue weighted by molar-refractivity contribution is 6.30. The zero-order chi connectivity index (χ0) is 10.7. The SMILES string of the molecule is C[C@H]1CCC[C@H]1NCc1ccc(Cl)cc1. The molecule has 0 saturated heterocycles. The third-order valence-corrected chi connectivity index (χ3v) is 3.60. The van der Waals surface area contributed by atoms with E-state index in [2.05, 4.69) is 24.4 Å². The van der Waals surface area contributed by atoms with E-state index in [1.165, 1.54) is 24.8 Å². The summed E-state index contributed by atoms with van der Waals surface area (Å²) in [6.07, 6.45) is 4.08. The monoisotopic (exact) mass is 223 g/mol. The Labute approximate surface area is 96.8 Å². The van der Waals surface area contributed by atoms with Crippen LogP contribution in [-0.2, 0) is 6.54 Å². The van der Waals surface area contributed by atoms with Gasteiger partial charge in [0.25, 0.3) is 0 Å². The van der Waals surface area contributed by atoms with Gasteiger partial charge >= 0.3 is 0 Å². The lowest BCUT2D eigenvalue weighted by molar-refractivity contribution is 0.426. The summed E-state index contributed by atoms with van der Waals surface area (Å²) in [6.45, 7) is 3.30. The maximum Gasteiger partial charge on any atom is 0.0406 e. The molecule has 0 radical (unpaired) electrons.